The summed E-state index contributed by atoms with van der Waals surface area (Å²) < 4.78 is 42.4. The predicted octanol–water partition coefficient (Wildman–Crippen LogP) is 4.44. The van der Waals surface area contributed by atoms with E-state index in [9.17, 15) is 18.0 Å². The molecule has 5 rings (SSSR count). The summed E-state index contributed by atoms with van der Waals surface area (Å²) in [6.45, 7) is 0.775. The summed E-state index contributed by atoms with van der Waals surface area (Å²) in [4.78, 5) is 17.0. The van der Waals surface area contributed by atoms with Crippen molar-refractivity contribution in [1.29, 1.82) is 0 Å². The minimum absolute atomic E-state index is 0. The van der Waals surface area contributed by atoms with Crippen molar-refractivity contribution in [2.24, 2.45) is 11.8 Å². The van der Waals surface area contributed by atoms with E-state index in [1.54, 1.807) is 0 Å². The molecule has 3 unspecified atom stereocenters. The molecule has 1 saturated carbocycles. The van der Waals surface area contributed by atoms with Gasteiger partial charge in [0, 0.05) is 33.2 Å². The van der Waals surface area contributed by atoms with Crippen LogP contribution < -0.4 is 15.5 Å². The number of halogens is 3. The number of nitrogens with zero attached hydrogens (tertiary/aromatic N) is 2. The van der Waals surface area contributed by atoms with Crippen molar-refractivity contribution in [1.82, 2.24) is 14.7 Å². The van der Waals surface area contributed by atoms with Crippen LogP contribution in [0, 0.1) is 11.8 Å². The molecule has 10 heteroatoms. The number of fused-ring (bicyclic) bond motifs is 1. The van der Waals surface area contributed by atoms with Crippen LogP contribution >= 0.6 is 11.9 Å². The van der Waals surface area contributed by atoms with Crippen molar-refractivity contribution in [3.8, 4) is 0 Å². The molecule has 0 spiro atoms. The second-order valence-electron chi connectivity index (χ2n) is 8.31. The molecule has 0 radical (unpaired) electrons. The van der Waals surface area contributed by atoms with E-state index in [0.717, 1.165) is 43.4 Å². The highest BCUT2D eigenvalue weighted by atomic mass is 32.2. The number of hydrogen-bond acceptors (Lipinski definition) is 6. The van der Waals surface area contributed by atoms with E-state index in [0.29, 0.717) is 5.92 Å². The van der Waals surface area contributed by atoms with Gasteiger partial charge in [0.15, 0.2) is 0 Å². The SMILES string of the molecule is CN1Cc2c(cccc2C2NSC(C(=O)Nc3cc(C(F)(F)F)ccn3)C2C2CC2)N1.[HH]. The number of hydrogen-bond donors (Lipinski definition) is 3. The highest BCUT2D eigenvalue weighted by molar-refractivity contribution is 7.99. The summed E-state index contributed by atoms with van der Waals surface area (Å²) in [6, 6.07) is 7.93. The van der Waals surface area contributed by atoms with Crippen molar-refractivity contribution in [3.05, 3.63) is 53.2 Å². The lowest BCUT2D eigenvalue weighted by Crippen LogP contribution is -2.33. The minimum atomic E-state index is -4.48. The van der Waals surface area contributed by atoms with Crippen LogP contribution in [0.2, 0.25) is 0 Å². The van der Waals surface area contributed by atoms with Gasteiger partial charge >= 0.3 is 6.18 Å². The van der Waals surface area contributed by atoms with Gasteiger partial charge in [0.2, 0.25) is 5.91 Å². The first-order chi connectivity index (χ1) is 14.8. The lowest BCUT2D eigenvalue weighted by Gasteiger charge is -2.24. The number of pyridine rings is 1. The van der Waals surface area contributed by atoms with E-state index in [1.807, 2.05) is 24.2 Å². The largest absolute Gasteiger partial charge is 0.416 e. The number of benzene rings is 1. The van der Waals surface area contributed by atoms with Crippen LogP contribution in [0.1, 0.15) is 37.0 Å². The van der Waals surface area contributed by atoms with E-state index < -0.39 is 17.0 Å². The number of aromatic nitrogens is 1. The lowest BCUT2D eigenvalue weighted by atomic mass is 9.84. The topological polar surface area (TPSA) is 69.3 Å². The van der Waals surface area contributed by atoms with Crippen LogP contribution in [0.15, 0.2) is 36.5 Å². The Morgan fingerprint density at radius 2 is 2.13 bits per heavy atom. The molecule has 1 aromatic heterocycles. The summed E-state index contributed by atoms with van der Waals surface area (Å²) in [5.74, 6) is 0.0882. The van der Waals surface area contributed by atoms with Crippen molar-refractivity contribution in [3.63, 3.8) is 0 Å². The monoisotopic (exact) mass is 451 g/mol. The number of rotatable bonds is 4. The van der Waals surface area contributed by atoms with Crippen LogP contribution in [0.3, 0.4) is 0 Å². The molecule has 1 aliphatic carbocycles. The average Bonchev–Trinajstić information content (AvgIpc) is 3.34. The molecule has 1 aromatic carbocycles. The number of hydrazine groups is 1. The van der Waals surface area contributed by atoms with Crippen LogP contribution in [0.4, 0.5) is 24.7 Å². The normalized spacial score (nSPS) is 25.9. The molecule has 3 heterocycles. The molecule has 3 atom stereocenters. The van der Waals surface area contributed by atoms with Gasteiger partial charge in [0.1, 0.15) is 11.1 Å². The number of carbonyl (C=O) groups is 1. The number of carbonyl (C=O) groups excluding carboxylic acids is 1. The van der Waals surface area contributed by atoms with Crippen LogP contribution in [0.25, 0.3) is 0 Å². The number of amides is 1. The third-order valence-corrected chi connectivity index (χ3v) is 7.25. The first-order valence-electron chi connectivity index (χ1n) is 10.2. The molecule has 3 N–H and O–H groups in total. The summed E-state index contributed by atoms with van der Waals surface area (Å²) in [7, 11) is 1.98. The molecule has 166 valence electrons. The average molecular weight is 452 g/mol. The molecule has 0 bridgehead atoms. The molecule has 2 fully saturated rings. The second-order valence-corrected chi connectivity index (χ2v) is 9.29. The smallest absolute Gasteiger partial charge is 0.318 e. The first kappa shape index (κ1) is 20.6. The zero-order valence-corrected chi connectivity index (χ0v) is 17.6. The second kappa shape index (κ2) is 7.68. The third kappa shape index (κ3) is 3.99. The van der Waals surface area contributed by atoms with E-state index in [4.69, 9.17) is 0 Å². The molecular formula is C21H24F3N5OS. The van der Waals surface area contributed by atoms with Crippen LogP contribution in [-0.2, 0) is 17.5 Å². The van der Waals surface area contributed by atoms with E-state index in [-0.39, 0.29) is 25.1 Å². The van der Waals surface area contributed by atoms with Gasteiger partial charge in [-0.2, -0.15) is 13.2 Å². The van der Waals surface area contributed by atoms with Crippen molar-refractivity contribution >= 4 is 29.4 Å². The van der Waals surface area contributed by atoms with Crippen molar-refractivity contribution in [2.75, 3.05) is 17.8 Å². The third-order valence-electron chi connectivity index (χ3n) is 6.07. The van der Waals surface area contributed by atoms with Gasteiger partial charge in [-0.3, -0.25) is 9.52 Å². The molecular weight excluding hydrogens is 427 g/mol. The predicted molar refractivity (Wildman–Crippen MR) is 115 cm³/mol. The lowest BCUT2D eigenvalue weighted by molar-refractivity contribution is -0.137. The Morgan fingerprint density at radius 1 is 1.32 bits per heavy atom. The molecule has 3 aliphatic rings. The Morgan fingerprint density at radius 3 is 2.87 bits per heavy atom. The summed E-state index contributed by atoms with van der Waals surface area (Å²) in [5, 5.41) is 4.22. The minimum Gasteiger partial charge on any atom is -0.318 e. The maximum atomic E-state index is 13.1. The Hall–Kier alpha value is -2.30. The van der Waals surface area contributed by atoms with Gasteiger partial charge in [-0.05, 0) is 48.1 Å². The Bertz CT molecular complexity index is 1020. The number of alkyl halides is 3. The van der Waals surface area contributed by atoms with Gasteiger partial charge in [0.25, 0.3) is 0 Å². The highest BCUT2D eigenvalue weighted by Gasteiger charge is 2.50. The standard InChI is InChI=1S/C21H22F3N5OS.H2/c1-29-10-14-13(3-2-4-15(14)27-29)18-17(11-5-6-11)19(31-28-18)20(30)26-16-9-12(7-8-25-16)21(22,23)24;/h2-4,7-9,11,17-19,27-28H,5-6,10H2,1H3,(H,25,26,30);1H. The fourth-order valence-corrected chi connectivity index (χ4v) is 5.79. The van der Waals surface area contributed by atoms with Gasteiger partial charge < -0.3 is 10.7 Å². The Kier molecular flexibility index (Phi) is 5.10. The maximum absolute atomic E-state index is 13.1. The fourth-order valence-electron chi connectivity index (χ4n) is 4.51. The van der Waals surface area contributed by atoms with Gasteiger partial charge in [0.05, 0.1) is 11.3 Å². The fraction of sp³-hybridized carbons (Fsp3) is 0.429. The van der Waals surface area contributed by atoms with E-state index in [2.05, 4.69) is 26.5 Å². The van der Waals surface area contributed by atoms with E-state index >= 15 is 0 Å². The first-order valence-corrected chi connectivity index (χ1v) is 11.0. The highest BCUT2D eigenvalue weighted by Crippen LogP contribution is 2.53. The van der Waals surface area contributed by atoms with Crippen LogP contribution in [-0.4, -0.2) is 28.2 Å². The zero-order chi connectivity index (χ0) is 21.8. The Labute approximate surface area is 183 Å². The summed E-state index contributed by atoms with van der Waals surface area (Å²) in [5.41, 5.74) is 5.95. The van der Waals surface area contributed by atoms with E-state index in [1.165, 1.54) is 23.1 Å². The summed E-state index contributed by atoms with van der Waals surface area (Å²) in [6.07, 6.45) is -1.30. The van der Waals surface area contributed by atoms with Gasteiger partial charge in [-0.1, -0.05) is 24.1 Å². The van der Waals surface area contributed by atoms with Gasteiger partial charge in [-0.15, -0.1) is 0 Å². The van der Waals surface area contributed by atoms with Crippen molar-refractivity contribution in [2.45, 2.75) is 36.9 Å². The Balaban J connectivity index is 0.00000245. The number of nitrogens with one attached hydrogen (secondary N) is 3. The molecule has 1 amide bonds. The van der Waals surface area contributed by atoms with Crippen LogP contribution in [0.5, 0.6) is 0 Å². The van der Waals surface area contributed by atoms with Crippen molar-refractivity contribution < 1.29 is 19.4 Å². The quantitative estimate of drug-likeness (QED) is 0.597. The van der Waals surface area contributed by atoms with Gasteiger partial charge in [-0.25, -0.2) is 9.99 Å². The molecule has 31 heavy (non-hydrogen) atoms. The number of anilines is 2. The molecule has 2 aromatic rings. The maximum Gasteiger partial charge on any atom is 0.416 e. The molecule has 2 aliphatic heterocycles. The molecule has 6 nitrogen and oxygen atoms in total. The molecule has 1 saturated heterocycles. The zero-order valence-electron chi connectivity index (χ0n) is 16.7. The summed E-state index contributed by atoms with van der Waals surface area (Å²) >= 11 is 1.36.